The number of hydrogen-bond donors (Lipinski definition) is 1. The van der Waals surface area contributed by atoms with E-state index < -0.39 is 0 Å². The van der Waals surface area contributed by atoms with Gasteiger partial charge in [-0.15, -0.1) is 0 Å². The van der Waals surface area contributed by atoms with Gasteiger partial charge in [0.1, 0.15) is 5.75 Å². The molecular weight excluding hydrogens is 198 g/mol. The molecule has 1 aromatic rings. The predicted octanol–water partition coefficient (Wildman–Crippen LogP) is 2.16. The first-order valence-corrected chi connectivity index (χ1v) is 6.26. The summed E-state index contributed by atoms with van der Waals surface area (Å²) >= 11 is 0. The van der Waals surface area contributed by atoms with Crippen LogP contribution >= 0.6 is 0 Å². The van der Waals surface area contributed by atoms with Gasteiger partial charge in [-0.3, -0.25) is 0 Å². The van der Waals surface area contributed by atoms with E-state index in [1.165, 1.54) is 43.4 Å². The van der Waals surface area contributed by atoms with Gasteiger partial charge in [0.25, 0.3) is 0 Å². The Hall–Kier alpha value is -1.02. The standard InChI is InChI=1S/C14H19NO/c1-16-13-5-4-10-7-11-3-2-6-15-14(11)9-12(10)8-13/h4-5,8,11,14-15H,2-3,6-7,9H2,1H3/t11-,14+/m1/s1. The van der Waals surface area contributed by atoms with E-state index in [0.29, 0.717) is 6.04 Å². The molecule has 0 bridgehead atoms. The van der Waals surface area contributed by atoms with E-state index in [2.05, 4.69) is 23.5 Å². The van der Waals surface area contributed by atoms with Crippen LogP contribution in [0.4, 0.5) is 0 Å². The van der Waals surface area contributed by atoms with Crippen molar-refractivity contribution in [1.82, 2.24) is 5.32 Å². The van der Waals surface area contributed by atoms with E-state index in [4.69, 9.17) is 4.74 Å². The molecule has 1 saturated heterocycles. The maximum absolute atomic E-state index is 5.30. The Morgan fingerprint density at radius 1 is 1.25 bits per heavy atom. The van der Waals surface area contributed by atoms with E-state index in [-0.39, 0.29) is 0 Å². The Morgan fingerprint density at radius 2 is 2.19 bits per heavy atom. The van der Waals surface area contributed by atoms with Gasteiger partial charge in [-0.05, 0) is 61.4 Å². The quantitative estimate of drug-likeness (QED) is 0.778. The topological polar surface area (TPSA) is 21.3 Å². The van der Waals surface area contributed by atoms with Crippen molar-refractivity contribution in [2.75, 3.05) is 13.7 Å². The fraction of sp³-hybridized carbons (Fsp3) is 0.571. The molecule has 0 amide bonds. The molecule has 0 spiro atoms. The van der Waals surface area contributed by atoms with Gasteiger partial charge in [0.2, 0.25) is 0 Å². The summed E-state index contributed by atoms with van der Waals surface area (Å²) in [5, 5.41) is 3.66. The SMILES string of the molecule is COc1ccc2c(c1)C[C@@H]1NCCC[C@@H]1C2. The van der Waals surface area contributed by atoms with E-state index in [0.717, 1.165) is 11.7 Å². The Labute approximate surface area is 97.0 Å². The van der Waals surface area contributed by atoms with Crippen LogP contribution in [-0.4, -0.2) is 19.7 Å². The Kier molecular flexibility index (Phi) is 2.60. The van der Waals surface area contributed by atoms with Crippen LogP contribution in [0, 0.1) is 5.92 Å². The monoisotopic (exact) mass is 217 g/mol. The maximum Gasteiger partial charge on any atom is 0.119 e. The highest BCUT2D eigenvalue weighted by Gasteiger charge is 2.30. The first-order chi connectivity index (χ1) is 7.86. The number of piperidine rings is 1. The van der Waals surface area contributed by atoms with Crippen LogP contribution in [0.2, 0.25) is 0 Å². The molecule has 86 valence electrons. The number of nitrogens with one attached hydrogen (secondary N) is 1. The molecule has 1 aromatic carbocycles. The van der Waals surface area contributed by atoms with E-state index in [9.17, 15) is 0 Å². The van der Waals surface area contributed by atoms with Crippen molar-refractivity contribution < 1.29 is 4.74 Å². The zero-order valence-electron chi connectivity index (χ0n) is 9.83. The molecule has 1 fully saturated rings. The van der Waals surface area contributed by atoms with Crippen LogP contribution in [0.15, 0.2) is 18.2 Å². The van der Waals surface area contributed by atoms with Crippen LogP contribution in [0.5, 0.6) is 5.75 Å². The van der Waals surface area contributed by atoms with Crippen molar-refractivity contribution in [3.8, 4) is 5.75 Å². The van der Waals surface area contributed by atoms with Gasteiger partial charge in [0.05, 0.1) is 7.11 Å². The summed E-state index contributed by atoms with van der Waals surface area (Å²) in [4.78, 5) is 0. The molecule has 0 unspecified atom stereocenters. The molecule has 0 saturated carbocycles. The summed E-state index contributed by atoms with van der Waals surface area (Å²) in [7, 11) is 1.74. The third-order valence-corrected chi connectivity index (χ3v) is 4.06. The number of methoxy groups -OCH3 is 1. The highest BCUT2D eigenvalue weighted by atomic mass is 16.5. The van der Waals surface area contributed by atoms with Crippen LogP contribution in [0.3, 0.4) is 0 Å². The molecule has 2 heteroatoms. The first kappa shape index (κ1) is 10.2. The molecule has 16 heavy (non-hydrogen) atoms. The highest BCUT2D eigenvalue weighted by Crippen LogP contribution is 2.32. The van der Waals surface area contributed by atoms with Crippen LogP contribution in [0.1, 0.15) is 24.0 Å². The zero-order chi connectivity index (χ0) is 11.0. The highest BCUT2D eigenvalue weighted by molar-refractivity contribution is 5.38. The average molecular weight is 217 g/mol. The van der Waals surface area contributed by atoms with Crippen LogP contribution in [-0.2, 0) is 12.8 Å². The van der Waals surface area contributed by atoms with Crippen molar-refractivity contribution in [3.63, 3.8) is 0 Å². The zero-order valence-corrected chi connectivity index (χ0v) is 9.83. The summed E-state index contributed by atoms with van der Waals surface area (Å²) < 4.78 is 5.30. The van der Waals surface area contributed by atoms with Crippen molar-refractivity contribution in [3.05, 3.63) is 29.3 Å². The summed E-state index contributed by atoms with van der Waals surface area (Å²) in [6.45, 7) is 1.19. The second-order valence-electron chi connectivity index (χ2n) is 5.01. The van der Waals surface area contributed by atoms with Crippen molar-refractivity contribution in [1.29, 1.82) is 0 Å². The van der Waals surface area contributed by atoms with Gasteiger partial charge in [0, 0.05) is 6.04 Å². The second-order valence-corrected chi connectivity index (χ2v) is 5.01. The van der Waals surface area contributed by atoms with Crippen molar-refractivity contribution in [2.24, 2.45) is 5.92 Å². The van der Waals surface area contributed by atoms with Crippen LogP contribution in [0.25, 0.3) is 0 Å². The third-order valence-electron chi connectivity index (χ3n) is 4.06. The molecule has 0 aromatic heterocycles. The largest absolute Gasteiger partial charge is 0.497 e. The molecular formula is C14H19NO. The minimum absolute atomic E-state index is 0.702. The molecule has 1 N–H and O–H groups in total. The first-order valence-electron chi connectivity index (χ1n) is 6.26. The Balaban J connectivity index is 1.89. The molecule has 1 heterocycles. The summed E-state index contributed by atoms with van der Waals surface area (Å²) in [6.07, 6.45) is 5.16. The lowest BCUT2D eigenvalue weighted by Gasteiger charge is -2.37. The minimum Gasteiger partial charge on any atom is -0.497 e. The molecule has 1 aliphatic heterocycles. The average Bonchev–Trinajstić information content (AvgIpc) is 2.35. The smallest absolute Gasteiger partial charge is 0.119 e. The lowest BCUT2D eigenvalue weighted by molar-refractivity contribution is 0.263. The van der Waals surface area contributed by atoms with E-state index >= 15 is 0 Å². The van der Waals surface area contributed by atoms with E-state index in [1.807, 2.05) is 0 Å². The van der Waals surface area contributed by atoms with Crippen molar-refractivity contribution in [2.45, 2.75) is 31.7 Å². The van der Waals surface area contributed by atoms with Gasteiger partial charge in [-0.1, -0.05) is 6.07 Å². The third kappa shape index (κ3) is 1.71. The number of fused-ring (bicyclic) bond motifs is 2. The van der Waals surface area contributed by atoms with Gasteiger partial charge in [0.15, 0.2) is 0 Å². The number of rotatable bonds is 1. The van der Waals surface area contributed by atoms with Gasteiger partial charge >= 0.3 is 0 Å². The summed E-state index contributed by atoms with van der Waals surface area (Å²) in [6, 6.07) is 7.25. The normalized spacial score (nSPS) is 28.1. The van der Waals surface area contributed by atoms with Gasteiger partial charge in [-0.2, -0.15) is 0 Å². The minimum atomic E-state index is 0.702. The van der Waals surface area contributed by atoms with Crippen molar-refractivity contribution >= 4 is 0 Å². The molecule has 2 atom stereocenters. The fourth-order valence-electron chi connectivity index (χ4n) is 3.14. The lowest BCUT2D eigenvalue weighted by Crippen LogP contribution is -2.45. The summed E-state index contributed by atoms with van der Waals surface area (Å²) in [5.74, 6) is 1.85. The predicted molar refractivity (Wildman–Crippen MR) is 64.9 cm³/mol. The second kappa shape index (κ2) is 4.10. The Morgan fingerprint density at radius 3 is 3.06 bits per heavy atom. The Bertz CT molecular complexity index is 388. The van der Waals surface area contributed by atoms with Gasteiger partial charge < -0.3 is 10.1 Å². The van der Waals surface area contributed by atoms with Crippen LogP contribution < -0.4 is 10.1 Å². The van der Waals surface area contributed by atoms with E-state index in [1.54, 1.807) is 7.11 Å². The number of ether oxygens (including phenoxy) is 1. The maximum atomic E-state index is 5.30. The van der Waals surface area contributed by atoms with Gasteiger partial charge in [-0.25, -0.2) is 0 Å². The number of benzene rings is 1. The lowest BCUT2D eigenvalue weighted by atomic mass is 9.76. The molecule has 1 aliphatic carbocycles. The summed E-state index contributed by atoms with van der Waals surface area (Å²) in [5.41, 5.74) is 3.01. The fourth-order valence-corrected chi connectivity index (χ4v) is 3.14. The molecule has 3 rings (SSSR count). The molecule has 0 radical (unpaired) electrons. The number of hydrogen-bond acceptors (Lipinski definition) is 2. The molecule has 2 aliphatic rings. The molecule has 2 nitrogen and oxygen atoms in total.